The van der Waals surface area contributed by atoms with Crippen molar-refractivity contribution in [1.29, 1.82) is 0 Å². The summed E-state index contributed by atoms with van der Waals surface area (Å²) in [5.41, 5.74) is 2.92. The summed E-state index contributed by atoms with van der Waals surface area (Å²) in [5.74, 6) is -0.159. The molecule has 0 spiro atoms. The summed E-state index contributed by atoms with van der Waals surface area (Å²) < 4.78 is 0. The van der Waals surface area contributed by atoms with E-state index in [0.717, 1.165) is 17.7 Å². The molecule has 2 N–H and O–H groups in total. The van der Waals surface area contributed by atoms with E-state index < -0.39 is 5.97 Å². The van der Waals surface area contributed by atoms with E-state index in [1.165, 1.54) is 5.56 Å². The number of aromatic nitrogens is 1. The fraction of sp³-hybridized carbons (Fsp3) is 0.143. The van der Waals surface area contributed by atoms with Gasteiger partial charge in [-0.25, -0.2) is 0 Å². The Kier molecular flexibility index (Phi) is 10.4. The molecule has 1 radical (unpaired) electrons. The van der Waals surface area contributed by atoms with Crippen molar-refractivity contribution in [3.8, 4) is 0 Å². The van der Waals surface area contributed by atoms with Gasteiger partial charge in [-0.1, -0.05) is 31.7 Å². The van der Waals surface area contributed by atoms with Crippen LogP contribution in [0.2, 0.25) is 0 Å². The molecule has 0 aliphatic heterocycles. The molecule has 26 heavy (non-hydrogen) atoms. The Labute approximate surface area is 179 Å². The molecule has 0 fully saturated rings. The third-order valence-corrected chi connectivity index (χ3v) is 3.34. The number of carboxylic acids is 1. The molecule has 0 aliphatic rings. The molecular formula is C21H20N2O2Y-2. The van der Waals surface area contributed by atoms with Crippen LogP contribution in [0.4, 0.5) is 11.5 Å². The van der Waals surface area contributed by atoms with Gasteiger partial charge in [-0.3, -0.25) is 4.79 Å². The van der Waals surface area contributed by atoms with Gasteiger partial charge in [0.15, 0.2) is 0 Å². The molecule has 0 atom stereocenters. The summed E-state index contributed by atoms with van der Waals surface area (Å²) in [4.78, 5) is 14.7. The molecule has 0 saturated heterocycles. The molecule has 3 aromatic rings. The number of carbonyl (C=O) groups is 1. The Morgan fingerprint density at radius 3 is 2.46 bits per heavy atom. The molecule has 3 rings (SSSR count). The van der Waals surface area contributed by atoms with Crippen molar-refractivity contribution >= 4 is 17.5 Å². The smallest absolute Gasteiger partial charge is 0.307 e. The number of aryl methyl sites for hydroxylation is 1. The zero-order valence-corrected chi connectivity index (χ0v) is 17.5. The van der Waals surface area contributed by atoms with E-state index in [-0.39, 0.29) is 39.1 Å². The number of hydrogen-bond donors (Lipinski definition) is 2. The van der Waals surface area contributed by atoms with Gasteiger partial charge in [-0.05, 0) is 17.7 Å². The van der Waals surface area contributed by atoms with Crippen molar-refractivity contribution in [3.63, 3.8) is 0 Å². The van der Waals surface area contributed by atoms with Crippen LogP contribution in [0.5, 0.6) is 0 Å². The van der Waals surface area contributed by atoms with Crippen LogP contribution in [0.1, 0.15) is 18.1 Å². The van der Waals surface area contributed by atoms with E-state index in [1.807, 2.05) is 30.3 Å². The van der Waals surface area contributed by atoms with Crippen LogP contribution in [-0.2, 0) is 50.3 Å². The number of aliphatic carboxylic acids is 1. The number of hydrogen-bond acceptors (Lipinski definition) is 3. The summed E-state index contributed by atoms with van der Waals surface area (Å²) in [6.45, 7) is 2.14. The van der Waals surface area contributed by atoms with E-state index in [9.17, 15) is 4.79 Å². The average molecular weight is 421 g/mol. The van der Waals surface area contributed by atoms with Gasteiger partial charge < -0.3 is 15.4 Å². The van der Waals surface area contributed by atoms with Crippen LogP contribution in [0, 0.1) is 12.1 Å². The molecule has 5 heteroatoms. The topological polar surface area (TPSA) is 62.2 Å². The van der Waals surface area contributed by atoms with Crippen LogP contribution < -0.4 is 5.32 Å². The Morgan fingerprint density at radius 1 is 1.12 bits per heavy atom. The van der Waals surface area contributed by atoms with Crippen LogP contribution in [0.25, 0.3) is 0 Å². The summed E-state index contributed by atoms with van der Waals surface area (Å²) in [6.07, 6.45) is 2.77. The number of rotatable bonds is 5. The summed E-state index contributed by atoms with van der Waals surface area (Å²) in [7, 11) is 0. The Hall–Kier alpha value is -2.04. The van der Waals surface area contributed by atoms with Crippen molar-refractivity contribution in [2.75, 3.05) is 5.32 Å². The quantitative estimate of drug-likeness (QED) is 0.604. The average Bonchev–Trinajstić information content (AvgIpc) is 2.63. The van der Waals surface area contributed by atoms with Crippen LogP contribution in [0.15, 0.2) is 66.9 Å². The Morgan fingerprint density at radius 2 is 1.88 bits per heavy atom. The maximum Gasteiger partial charge on any atom is 0.307 e. The van der Waals surface area contributed by atoms with Gasteiger partial charge in [-0.2, -0.15) is 48.0 Å². The molecule has 131 valence electrons. The zero-order chi connectivity index (χ0) is 17.9. The number of nitrogens with one attached hydrogen (secondary N) is 1. The molecule has 0 amide bonds. The minimum Gasteiger partial charge on any atom is -0.481 e. The van der Waals surface area contributed by atoms with Crippen molar-refractivity contribution in [3.05, 3.63) is 90.1 Å². The van der Waals surface area contributed by atoms with Crippen molar-refractivity contribution in [1.82, 2.24) is 4.98 Å². The summed E-state index contributed by atoms with van der Waals surface area (Å²) in [5, 5.41) is 11.8. The number of nitrogens with zero attached hydrogens (tertiary/aromatic N) is 1. The summed E-state index contributed by atoms with van der Waals surface area (Å²) >= 11 is 0. The zero-order valence-electron chi connectivity index (χ0n) is 14.6. The number of anilines is 2. The van der Waals surface area contributed by atoms with Crippen molar-refractivity contribution in [2.24, 2.45) is 0 Å². The number of carboxylic acid groups (broad SMARTS) is 1. The second-order valence-corrected chi connectivity index (χ2v) is 5.30. The molecule has 0 aliphatic carbocycles. The van der Waals surface area contributed by atoms with Crippen LogP contribution in [0.3, 0.4) is 0 Å². The third-order valence-electron chi connectivity index (χ3n) is 3.34. The fourth-order valence-corrected chi connectivity index (χ4v) is 2.13. The number of benzene rings is 2. The minimum absolute atomic E-state index is 0. The second kappa shape index (κ2) is 12.3. The third kappa shape index (κ3) is 8.37. The molecule has 1 aromatic heterocycles. The first-order valence-corrected chi connectivity index (χ1v) is 8.02. The summed E-state index contributed by atoms with van der Waals surface area (Å²) in [6, 6.07) is 24.7. The van der Waals surface area contributed by atoms with Crippen molar-refractivity contribution in [2.45, 2.75) is 19.8 Å². The first-order valence-electron chi connectivity index (χ1n) is 8.02. The van der Waals surface area contributed by atoms with Gasteiger partial charge in [0.2, 0.25) is 0 Å². The van der Waals surface area contributed by atoms with E-state index in [1.54, 1.807) is 30.5 Å². The maximum absolute atomic E-state index is 10.6. The monoisotopic (exact) mass is 421 g/mol. The minimum atomic E-state index is -0.840. The van der Waals surface area contributed by atoms with E-state index in [4.69, 9.17) is 5.11 Å². The maximum atomic E-state index is 10.6. The first-order chi connectivity index (χ1) is 12.2. The second-order valence-electron chi connectivity index (χ2n) is 5.30. The van der Waals surface area contributed by atoms with Gasteiger partial charge >= 0.3 is 5.97 Å². The predicted octanol–water partition coefficient (Wildman–Crippen LogP) is 4.30. The molecule has 0 bridgehead atoms. The number of pyridine rings is 1. The van der Waals surface area contributed by atoms with Gasteiger partial charge in [0.1, 0.15) is 0 Å². The van der Waals surface area contributed by atoms with Gasteiger partial charge in [-0.15, -0.1) is 6.07 Å². The SMILES string of the molecule is CCc1c[c-]ccc1.O=C(O)Cc1cccc(Nc2c[c-]ccn2)c1.[Y]. The van der Waals surface area contributed by atoms with Crippen molar-refractivity contribution < 1.29 is 42.6 Å². The predicted molar refractivity (Wildman–Crippen MR) is 98.8 cm³/mol. The van der Waals surface area contributed by atoms with E-state index in [0.29, 0.717) is 5.82 Å². The normalized spacial score (nSPS) is 9.27. The van der Waals surface area contributed by atoms with Crippen LogP contribution >= 0.6 is 0 Å². The Bertz CT molecular complexity index is 780. The fourth-order valence-electron chi connectivity index (χ4n) is 2.13. The largest absolute Gasteiger partial charge is 0.481 e. The van der Waals surface area contributed by atoms with E-state index in [2.05, 4.69) is 35.4 Å². The molecule has 0 saturated carbocycles. The van der Waals surface area contributed by atoms with Gasteiger partial charge in [0.05, 0.1) is 6.42 Å². The van der Waals surface area contributed by atoms with Gasteiger partial charge in [0, 0.05) is 44.2 Å². The molecule has 4 nitrogen and oxygen atoms in total. The van der Waals surface area contributed by atoms with E-state index >= 15 is 0 Å². The standard InChI is InChI=1S/C13H11N2O2.C8H9.Y/c16-13(17)9-10-4-3-5-11(8-10)15-12-6-1-2-7-14-12;1-2-8-6-4-3-5-7-8;/h2-8H,9H2,(H,14,15)(H,16,17);3-4,6-7H,2H2,1H3;/q2*-1;. The first kappa shape index (κ1) is 22.0. The Balaban J connectivity index is 0.000000318. The molecule has 0 unspecified atom stereocenters. The molecule has 1 heterocycles. The molecule has 2 aromatic carbocycles. The molecular weight excluding hydrogens is 401 g/mol. The van der Waals surface area contributed by atoms with Crippen LogP contribution in [-0.4, -0.2) is 16.1 Å². The van der Waals surface area contributed by atoms with Gasteiger partial charge in [0.25, 0.3) is 0 Å².